The molecular formula is C13H17ClN2O. The lowest BCUT2D eigenvalue weighted by atomic mass is 10.2. The minimum absolute atomic E-state index is 0.434. The van der Waals surface area contributed by atoms with Crippen molar-refractivity contribution in [3.05, 3.63) is 28.8 Å². The molecule has 0 saturated heterocycles. The van der Waals surface area contributed by atoms with E-state index in [1.165, 1.54) is 0 Å². The first kappa shape index (κ1) is 13.8. The molecule has 0 aliphatic rings. The highest BCUT2D eigenvalue weighted by Gasteiger charge is 2.07. The second-order valence-corrected chi connectivity index (χ2v) is 4.60. The van der Waals surface area contributed by atoms with E-state index in [4.69, 9.17) is 21.6 Å². The first-order chi connectivity index (χ1) is 8.02. The van der Waals surface area contributed by atoms with Gasteiger partial charge in [-0.2, -0.15) is 5.26 Å². The van der Waals surface area contributed by atoms with Crippen molar-refractivity contribution < 1.29 is 4.74 Å². The molecule has 0 aliphatic carbocycles. The van der Waals surface area contributed by atoms with Gasteiger partial charge in [0.15, 0.2) is 6.10 Å². The molecule has 0 amide bonds. The van der Waals surface area contributed by atoms with Gasteiger partial charge in [-0.25, -0.2) is 0 Å². The van der Waals surface area contributed by atoms with E-state index in [2.05, 4.69) is 19.2 Å². The molecule has 0 fully saturated rings. The van der Waals surface area contributed by atoms with Gasteiger partial charge in [0.25, 0.3) is 0 Å². The van der Waals surface area contributed by atoms with Gasteiger partial charge < -0.3 is 10.1 Å². The minimum atomic E-state index is -0.493. The predicted octanol–water partition coefficient (Wildman–Crippen LogP) is 3.13. The molecular weight excluding hydrogens is 236 g/mol. The summed E-state index contributed by atoms with van der Waals surface area (Å²) in [6, 6.07) is 8.04. The van der Waals surface area contributed by atoms with E-state index < -0.39 is 6.10 Å². The van der Waals surface area contributed by atoms with E-state index in [0.29, 0.717) is 16.8 Å². The van der Waals surface area contributed by atoms with Crippen LogP contribution in [0.15, 0.2) is 18.2 Å². The number of halogens is 1. The van der Waals surface area contributed by atoms with Crippen molar-refractivity contribution in [2.75, 3.05) is 0 Å². The maximum absolute atomic E-state index is 8.66. The third-order valence-corrected chi connectivity index (χ3v) is 2.49. The average molecular weight is 253 g/mol. The van der Waals surface area contributed by atoms with Crippen LogP contribution in [0, 0.1) is 11.3 Å². The van der Waals surface area contributed by atoms with Gasteiger partial charge in [-0.1, -0.05) is 31.5 Å². The number of nitrogens with zero attached hydrogens (tertiary/aromatic N) is 1. The smallest absolute Gasteiger partial charge is 0.181 e. The fraction of sp³-hybridized carbons (Fsp3) is 0.462. The van der Waals surface area contributed by atoms with Crippen molar-refractivity contribution in [2.45, 2.75) is 39.5 Å². The zero-order valence-corrected chi connectivity index (χ0v) is 11.1. The van der Waals surface area contributed by atoms with Gasteiger partial charge in [0, 0.05) is 12.6 Å². The molecule has 17 heavy (non-hydrogen) atoms. The SMILES string of the molecule is CC(C)NCc1ccc(OC(C)C#N)c(Cl)c1. The highest BCUT2D eigenvalue weighted by molar-refractivity contribution is 6.32. The second kappa shape index (κ2) is 6.48. The molecule has 4 heteroatoms. The number of hydrogen-bond donors (Lipinski definition) is 1. The van der Waals surface area contributed by atoms with Crippen molar-refractivity contribution in [1.29, 1.82) is 5.26 Å². The molecule has 1 rings (SSSR count). The molecule has 0 aliphatic heterocycles. The van der Waals surface area contributed by atoms with E-state index in [9.17, 15) is 0 Å². The normalized spacial score (nSPS) is 12.2. The Morgan fingerprint density at radius 1 is 1.41 bits per heavy atom. The highest BCUT2D eigenvalue weighted by Crippen LogP contribution is 2.26. The third kappa shape index (κ3) is 4.64. The second-order valence-electron chi connectivity index (χ2n) is 4.19. The lowest BCUT2D eigenvalue weighted by Gasteiger charge is -2.12. The molecule has 1 aromatic rings. The number of nitrogens with one attached hydrogen (secondary N) is 1. The molecule has 92 valence electrons. The van der Waals surface area contributed by atoms with Crippen LogP contribution in [0.25, 0.3) is 0 Å². The summed E-state index contributed by atoms with van der Waals surface area (Å²) in [6.45, 7) is 6.64. The van der Waals surface area contributed by atoms with Crippen LogP contribution in [-0.2, 0) is 6.54 Å². The maximum atomic E-state index is 8.66. The quantitative estimate of drug-likeness (QED) is 0.876. The summed E-state index contributed by atoms with van der Waals surface area (Å²) in [6.07, 6.45) is -0.493. The predicted molar refractivity (Wildman–Crippen MR) is 69.1 cm³/mol. The maximum Gasteiger partial charge on any atom is 0.181 e. The Kier molecular flexibility index (Phi) is 5.27. The summed E-state index contributed by atoms with van der Waals surface area (Å²) in [4.78, 5) is 0. The van der Waals surface area contributed by atoms with Crippen molar-refractivity contribution in [2.24, 2.45) is 0 Å². The van der Waals surface area contributed by atoms with Crippen molar-refractivity contribution in [1.82, 2.24) is 5.32 Å². The van der Waals surface area contributed by atoms with E-state index >= 15 is 0 Å². The highest BCUT2D eigenvalue weighted by atomic mass is 35.5. The molecule has 1 aromatic carbocycles. The van der Waals surface area contributed by atoms with Crippen LogP contribution >= 0.6 is 11.6 Å². The van der Waals surface area contributed by atoms with E-state index in [1.54, 1.807) is 13.0 Å². The van der Waals surface area contributed by atoms with Crippen LogP contribution in [0.1, 0.15) is 26.3 Å². The van der Waals surface area contributed by atoms with Gasteiger partial charge >= 0.3 is 0 Å². The molecule has 0 heterocycles. The number of benzene rings is 1. The Labute approximate surface area is 107 Å². The lowest BCUT2D eigenvalue weighted by Crippen LogP contribution is -2.21. The van der Waals surface area contributed by atoms with Gasteiger partial charge in [-0.05, 0) is 24.6 Å². The number of ether oxygens (including phenoxy) is 1. The summed E-state index contributed by atoms with van der Waals surface area (Å²) in [5.41, 5.74) is 1.10. The van der Waals surface area contributed by atoms with Gasteiger partial charge in [0.05, 0.1) is 5.02 Å². The Bertz CT molecular complexity index is 412. The minimum Gasteiger partial charge on any atom is -0.474 e. The zero-order chi connectivity index (χ0) is 12.8. The standard InChI is InChI=1S/C13H17ClN2O/c1-9(2)16-8-11-4-5-13(12(14)6-11)17-10(3)7-15/h4-6,9-10,16H,8H2,1-3H3. The van der Waals surface area contributed by atoms with Crippen LogP contribution in [0.4, 0.5) is 0 Å². The van der Waals surface area contributed by atoms with Crippen LogP contribution in [-0.4, -0.2) is 12.1 Å². The molecule has 0 radical (unpaired) electrons. The first-order valence-electron chi connectivity index (χ1n) is 5.61. The molecule has 1 atom stereocenters. The van der Waals surface area contributed by atoms with Gasteiger partial charge in [0.2, 0.25) is 0 Å². The number of hydrogen-bond acceptors (Lipinski definition) is 3. The molecule has 1 N–H and O–H groups in total. The summed E-state index contributed by atoms with van der Waals surface area (Å²) >= 11 is 6.08. The van der Waals surface area contributed by atoms with Crippen LogP contribution in [0.3, 0.4) is 0 Å². The average Bonchev–Trinajstić information content (AvgIpc) is 2.29. The molecule has 0 spiro atoms. The van der Waals surface area contributed by atoms with Gasteiger partial charge in [-0.3, -0.25) is 0 Å². The van der Waals surface area contributed by atoms with Crippen molar-refractivity contribution >= 4 is 11.6 Å². The summed E-state index contributed by atoms with van der Waals surface area (Å²) in [5.74, 6) is 0.550. The monoisotopic (exact) mass is 252 g/mol. The van der Waals surface area contributed by atoms with Gasteiger partial charge in [0.1, 0.15) is 11.8 Å². The Hall–Kier alpha value is -1.24. The number of nitriles is 1. The van der Waals surface area contributed by atoms with E-state index in [0.717, 1.165) is 12.1 Å². The van der Waals surface area contributed by atoms with Crippen LogP contribution in [0.2, 0.25) is 5.02 Å². The Balaban J connectivity index is 2.69. The first-order valence-corrected chi connectivity index (χ1v) is 5.98. The van der Waals surface area contributed by atoms with Gasteiger partial charge in [-0.15, -0.1) is 0 Å². The fourth-order valence-corrected chi connectivity index (χ4v) is 1.54. The molecule has 0 aromatic heterocycles. The molecule has 1 unspecified atom stereocenters. The van der Waals surface area contributed by atoms with Crippen LogP contribution < -0.4 is 10.1 Å². The summed E-state index contributed by atoms with van der Waals surface area (Å²) in [7, 11) is 0. The fourth-order valence-electron chi connectivity index (χ4n) is 1.29. The summed E-state index contributed by atoms with van der Waals surface area (Å²) in [5, 5.41) is 12.5. The van der Waals surface area contributed by atoms with E-state index in [-0.39, 0.29) is 0 Å². The Morgan fingerprint density at radius 3 is 2.65 bits per heavy atom. The van der Waals surface area contributed by atoms with E-state index in [1.807, 2.05) is 18.2 Å². The topological polar surface area (TPSA) is 45.0 Å². The molecule has 3 nitrogen and oxygen atoms in total. The third-order valence-electron chi connectivity index (χ3n) is 2.20. The van der Waals surface area contributed by atoms with Crippen molar-refractivity contribution in [3.8, 4) is 11.8 Å². The molecule has 0 bridgehead atoms. The number of rotatable bonds is 5. The van der Waals surface area contributed by atoms with Crippen LogP contribution in [0.5, 0.6) is 5.75 Å². The van der Waals surface area contributed by atoms with Crippen molar-refractivity contribution in [3.63, 3.8) is 0 Å². The summed E-state index contributed by atoms with van der Waals surface area (Å²) < 4.78 is 5.36. The Morgan fingerprint density at radius 2 is 2.12 bits per heavy atom. The molecule has 0 saturated carbocycles. The lowest BCUT2D eigenvalue weighted by molar-refractivity contribution is 0.276. The zero-order valence-electron chi connectivity index (χ0n) is 10.3. The largest absolute Gasteiger partial charge is 0.474 e.